The van der Waals surface area contributed by atoms with Gasteiger partial charge in [0.15, 0.2) is 11.5 Å². The molecule has 2 rings (SSSR count). The molecule has 0 fully saturated rings. The summed E-state index contributed by atoms with van der Waals surface area (Å²) < 4.78 is 5.59. The van der Waals surface area contributed by atoms with Gasteiger partial charge in [-0.25, -0.2) is 0 Å². The summed E-state index contributed by atoms with van der Waals surface area (Å²) in [6, 6.07) is 15.2. The molecule has 0 bridgehead atoms. The predicted molar refractivity (Wildman–Crippen MR) is 71.5 cm³/mol. The van der Waals surface area contributed by atoms with Gasteiger partial charge in [0.05, 0.1) is 0 Å². The molecule has 0 atom stereocenters. The Bertz CT molecular complexity index is 483. The van der Waals surface area contributed by atoms with Crippen molar-refractivity contribution in [3.63, 3.8) is 0 Å². The van der Waals surface area contributed by atoms with Gasteiger partial charge in [0.2, 0.25) is 0 Å². The molecule has 2 aromatic rings. The van der Waals surface area contributed by atoms with Crippen molar-refractivity contribution in [3.05, 3.63) is 59.7 Å². The van der Waals surface area contributed by atoms with E-state index in [1.165, 1.54) is 0 Å². The van der Waals surface area contributed by atoms with E-state index in [1.807, 2.05) is 42.5 Å². The summed E-state index contributed by atoms with van der Waals surface area (Å²) in [6.07, 6.45) is 0. The molecular weight excluding hydrogens is 280 g/mol. The van der Waals surface area contributed by atoms with Crippen LogP contribution >= 0.6 is 15.9 Å². The zero-order chi connectivity index (χ0) is 12.1. The van der Waals surface area contributed by atoms with Crippen molar-refractivity contribution in [2.75, 3.05) is 0 Å². The van der Waals surface area contributed by atoms with Gasteiger partial charge in [-0.2, -0.15) is 0 Å². The van der Waals surface area contributed by atoms with Gasteiger partial charge in [-0.15, -0.1) is 0 Å². The zero-order valence-corrected chi connectivity index (χ0v) is 10.9. The molecule has 88 valence electrons. The van der Waals surface area contributed by atoms with Crippen LogP contribution in [-0.4, -0.2) is 5.11 Å². The SMILES string of the molecule is Oc1ccc(CBr)cc1OCc1ccccc1. The third-order valence-electron chi connectivity index (χ3n) is 2.42. The number of alkyl halides is 1. The first-order valence-electron chi connectivity index (χ1n) is 5.34. The van der Waals surface area contributed by atoms with Crippen molar-refractivity contribution in [1.82, 2.24) is 0 Å². The number of halogens is 1. The summed E-state index contributed by atoms with van der Waals surface area (Å²) in [5, 5.41) is 10.4. The quantitative estimate of drug-likeness (QED) is 0.867. The Hall–Kier alpha value is -1.48. The van der Waals surface area contributed by atoms with Crippen molar-refractivity contribution in [1.29, 1.82) is 0 Å². The molecule has 0 saturated carbocycles. The molecule has 0 aliphatic carbocycles. The van der Waals surface area contributed by atoms with E-state index in [9.17, 15) is 5.11 Å². The molecule has 0 heterocycles. The lowest BCUT2D eigenvalue weighted by Gasteiger charge is -2.09. The maximum Gasteiger partial charge on any atom is 0.161 e. The van der Waals surface area contributed by atoms with Gasteiger partial charge in [0.25, 0.3) is 0 Å². The van der Waals surface area contributed by atoms with Gasteiger partial charge in [0, 0.05) is 5.33 Å². The van der Waals surface area contributed by atoms with Crippen LogP contribution in [0.4, 0.5) is 0 Å². The number of aromatic hydroxyl groups is 1. The molecule has 0 saturated heterocycles. The van der Waals surface area contributed by atoms with Gasteiger partial charge in [-0.3, -0.25) is 0 Å². The molecule has 2 nitrogen and oxygen atoms in total. The highest BCUT2D eigenvalue weighted by molar-refractivity contribution is 9.08. The van der Waals surface area contributed by atoms with Crippen LogP contribution in [0.1, 0.15) is 11.1 Å². The lowest BCUT2D eigenvalue weighted by atomic mass is 10.2. The summed E-state index contributed by atoms with van der Waals surface area (Å²) in [5.41, 5.74) is 2.15. The van der Waals surface area contributed by atoms with E-state index in [-0.39, 0.29) is 5.75 Å². The first-order chi connectivity index (χ1) is 8.29. The van der Waals surface area contributed by atoms with E-state index >= 15 is 0 Å². The largest absolute Gasteiger partial charge is 0.504 e. The summed E-state index contributed by atoms with van der Waals surface area (Å²) in [5.74, 6) is 0.691. The standard InChI is InChI=1S/C14H13BrO2/c15-9-12-6-7-13(16)14(8-12)17-10-11-4-2-1-3-5-11/h1-8,16H,9-10H2. The highest BCUT2D eigenvalue weighted by Crippen LogP contribution is 2.28. The maximum absolute atomic E-state index is 9.67. The van der Waals surface area contributed by atoms with Crippen LogP contribution in [0.25, 0.3) is 0 Å². The van der Waals surface area contributed by atoms with E-state index in [2.05, 4.69) is 15.9 Å². The summed E-state index contributed by atoms with van der Waals surface area (Å²) in [6.45, 7) is 0.458. The topological polar surface area (TPSA) is 29.5 Å². The molecule has 0 amide bonds. The fourth-order valence-corrected chi connectivity index (χ4v) is 1.84. The smallest absolute Gasteiger partial charge is 0.161 e. The second kappa shape index (κ2) is 5.73. The highest BCUT2D eigenvalue weighted by Gasteiger charge is 2.03. The van der Waals surface area contributed by atoms with Crippen molar-refractivity contribution >= 4 is 15.9 Å². The van der Waals surface area contributed by atoms with E-state index in [0.717, 1.165) is 16.5 Å². The predicted octanol–water partition coefficient (Wildman–Crippen LogP) is 3.87. The molecule has 0 radical (unpaired) electrons. The Morgan fingerprint density at radius 1 is 1.00 bits per heavy atom. The third kappa shape index (κ3) is 3.24. The zero-order valence-electron chi connectivity index (χ0n) is 9.27. The average Bonchev–Trinajstić information content (AvgIpc) is 2.39. The van der Waals surface area contributed by atoms with Crippen molar-refractivity contribution < 1.29 is 9.84 Å². The Morgan fingerprint density at radius 3 is 2.47 bits per heavy atom. The van der Waals surface area contributed by atoms with Crippen LogP contribution in [0.15, 0.2) is 48.5 Å². The summed E-state index contributed by atoms with van der Waals surface area (Å²) in [7, 11) is 0. The van der Waals surface area contributed by atoms with E-state index in [4.69, 9.17) is 4.74 Å². The van der Waals surface area contributed by atoms with Crippen LogP contribution in [-0.2, 0) is 11.9 Å². The second-order valence-electron chi connectivity index (χ2n) is 3.71. The van der Waals surface area contributed by atoms with Crippen molar-refractivity contribution in [3.8, 4) is 11.5 Å². The average molecular weight is 293 g/mol. The highest BCUT2D eigenvalue weighted by atomic mass is 79.9. The van der Waals surface area contributed by atoms with E-state index in [1.54, 1.807) is 6.07 Å². The van der Waals surface area contributed by atoms with Crippen LogP contribution < -0.4 is 4.74 Å². The molecule has 0 aliphatic heterocycles. The van der Waals surface area contributed by atoms with Crippen LogP contribution in [0.3, 0.4) is 0 Å². The minimum absolute atomic E-state index is 0.172. The normalized spacial score (nSPS) is 10.2. The lowest BCUT2D eigenvalue weighted by molar-refractivity contribution is 0.289. The fraction of sp³-hybridized carbons (Fsp3) is 0.143. The minimum atomic E-state index is 0.172. The van der Waals surface area contributed by atoms with Crippen molar-refractivity contribution in [2.24, 2.45) is 0 Å². The Kier molecular flexibility index (Phi) is 4.04. The van der Waals surface area contributed by atoms with Gasteiger partial charge in [-0.1, -0.05) is 52.3 Å². The van der Waals surface area contributed by atoms with Crippen LogP contribution in [0.5, 0.6) is 11.5 Å². The molecule has 0 spiro atoms. The molecule has 3 heteroatoms. The molecular formula is C14H13BrO2. The number of benzene rings is 2. The Labute approximate surface area is 109 Å². The van der Waals surface area contributed by atoms with Crippen LogP contribution in [0, 0.1) is 0 Å². The number of phenolic OH excluding ortho intramolecular Hbond substituents is 1. The molecule has 0 aliphatic rings. The lowest BCUT2D eigenvalue weighted by Crippen LogP contribution is -1.95. The number of ether oxygens (including phenoxy) is 1. The monoisotopic (exact) mass is 292 g/mol. The van der Waals surface area contributed by atoms with E-state index < -0.39 is 0 Å². The molecule has 0 aromatic heterocycles. The van der Waals surface area contributed by atoms with E-state index in [0.29, 0.717) is 12.4 Å². The first kappa shape index (κ1) is 12.0. The number of hydrogen-bond acceptors (Lipinski definition) is 2. The first-order valence-corrected chi connectivity index (χ1v) is 6.46. The number of phenols is 1. The van der Waals surface area contributed by atoms with Crippen molar-refractivity contribution in [2.45, 2.75) is 11.9 Å². The maximum atomic E-state index is 9.67. The molecule has 0 unspecified atom stereocenters. The van der Waals surface area contributed by atoms with Gasteiger partial charge >= 0.3 is 0 Å². The van der Waals surface area contributed by atoms with Gasteiger partial charge in [-0.05, 0) is 23.3 Å². The Morgan fingerprint density at radius 2 is 1.76 bits per heavy atom. The molecule has 2 aromatic carbocycles. The third-order valence-corrected chi connectivity index (χ3v) is 3.06. The number of hydrogen-bond donors (Lipinski definition) is 1. The molecule has 1 N–H and O–H groups in total. The summed E-state index contributed by atoms with van der Waals surface area (Å²) in [4.78, 5) is 0. The minimum Gasteiger partial charge on any atom is -0.504 e. The second-order valence-corrected chi connectivity index (χ2v) is 4.27. The molecule has 17 heavy (non-hydrogen) atoms. The number of rotatable bonds is 4. The fourth-order valence-electron chi connectivity index (χ4n) is 1.49. The van der Waals surface area contributed by atoms with Gasteiger partial charge in [0.1, 0.15) is 6.61 Å². The Balaban J connectivity index is 2.08. The van der Waals surface area contributed by atoms with Crippen LogP contribution in [0.2, 0.25) is 0 Å². The van der Waals surface area contributed by atoms with Gasteiger partial charge < -0.3 is 9.84 Å². The summed E-state index contributed by atoms with van der Waals surface area (Å²) >= 11 is 3.38.